The number of methoxy groups -OCH3 is 1. The zero-order valence-electron chi connectivity index (χ0n) is 17.9. The highest BCUT2D eigenvalue weighted by Gasteiger charge is 2.23. The number of rotatable bonds is 8. The van der Waals surface area contributed by atoms with Gasteiger partial charge in [0.1, 0.15) is 10.8 Å². The van der Waals surface area contributed by atoms with Crippen molar-refractivity contribution >= 4 is 23.0 Å². The molecule has 1 atom stereocenters. The molecular formula is C22H33N5OS. The molecule has 2 N–H and O–H groups in total. The van der Waals surface area contributed by atoms with Crippen LogP contribution < -0.4 is 20.3 Å². The fourth-order valence-electron chi connectivity index (χ4n) is 3.43. The maximum atomic E-state index is 5.36. The summed E-state index contributed by atoms with van der Waals surface area (Å²) in [6, 6.07) is 8.31. The molecule has 0 saturated carbocycles. The van der Waals surface area contributed by atoms with Gasteiger partial charge in [0.15, 0.2) is 5.96 Å². The number of ether oxygens (including phenoxy) is 1. The maximum Gasteiger partial charge on any atom is 0.191 e. The summed E-state index contributed by atoms with van der Waals surface area (Å²) in [7, 11) is 1.72. The highest BCUT2D eigenvalue weighted by molar-refractivity contribution is 7.09. The van der Waals surface area contributed by atoms with Gasteiger partial charge in [0.05, 0.1) is 19.3 Å². The first kappa shape index (κ1) is 21.4. The second-order valence-corrected chi connectivity index (χ2v) is 8.64. The molecule has 1 saturated heterocycles. The number of anilines is 1. The van der Waals surface area contributed by atoms with Gasteiger partial charge in [0, 0.05) is 43.3 Å². The van der Waals surface area contributed by atoms with Crippen LogP contribution in [-0.4, -0.2) is 44.2 Å². The van der Waals surface area contributed by atoms with E-state index in [4.69, 9.17) is 9.73 Å². The van der Waals surface area contributed by atoms with Gasteiger partial charge in [0.25, 0.3) is 0 Å². The summed E-state index contributed by atoms with van der Waals surface area (Å²) >= 11 is 1.69. The van der Waals surface area contributed by atoms with Gasteiger partial charge >= 0.3 is 0 Å². The molecule has 2 aromatic rings. The van der Waals surface area contributed by atoms with Crippen molar-refractivity contribution in [3.63, 3.8) is 0 Å². The van der Waals surface area contributed by atoms with Crippen LogP contribution in [0.2, 0.25) is 0 Å². The first-order chi connectivity index (χ1) is 14.1. The van der Waals surface area contributed by atoms with Crippen molar-refractivity contribution in [2.45, 2.75) is 39.7 Å². The molecule has 0 aliphatic carbocycles. The topological polar surface area (TPSA) is 61.8 Å². The third-order valence-electron chi connectivity index (χ3n) is 5.14. The van der Waals surface area contributed by atoms with E-state index in [0.29, 0.717) is 18.4 Å². The average Bonchev–Trinajstić information content (AvgIpc) is 3.40. The Morgan fingerprint density at radius 2 is 2.24 bits per heavy atom. The van der Waals surface area contributed by atoms with E-state index in [1.165, 1.54) is 12.1 Å². The lowest BCUT2D eigenvalue weighted by Crippen LogP contribution is -2.40. The summed E-state index contributed by atoms with van der Waals surface area (Å²) in [4.78, 5) is 11.8. The molecule has 1 unspecified atom stereocenters. The lowest BCUT2D eigenvalue weighted by molar-refractivity contribution is 0.415. The molecule has 1 fully saturated rings. The van der Waals surface area contributed by atoms with Crippen LogP contribution in [0.15, 0.2) is 34.6 Å². The van der Waals surface area contributed by atoms with E-state index in [2.05, 4.69) is 64.9 Å². The van der Waals surface area contributed by atoms with Crippen LogP contribution in [0.3, 0.4) is 0 Å². The fraction of sp³-hybridized carbons (Fsp3) is 0.545. The lowest BCUT2D eigenvalue weighted by atomic mass is 10.1. The zero-order valence-corrected chi connectivity index (χ0v) is 18.8. The van der Waals surface area contributed by atoms with Crippen LogP contribution in [0.25, 0.3) is 0 Å². The average molecular weight is 416 g/mol. The van der Waals surface area contributed by atoms with E-state index in [1.54, 1.807) is 18.4 Å². The van der Waals surface area contributed by atoms with Gasteiger partial charge in [0.2, 0.25) is 0 Å². The largest absolute Gasteiger partial charge is 0.497 e. The zero-order chi connectivity index (χ0) is 20.6. The molecule has 0 radical (unpaired) electrons. The Labute approximate surface area is 178 Å². The number of thiazole rings is 1. The summed E-state index contributed by atoms with van der Waals surface area (Å²) < 4.78 is 5.36. The molecule has 158 valence electrons. The van der Waals surface area contributed by atoms with Crippen LogP contribution >= 0.6 is 11.3 Å². The molecular weight excluding hydrogens is 382 g/mol. The molecule has 1 aliphatic heterocycles. The first-order valence-electron chi connectivity index (χ1n) is 10.4. The van der Waals surface area contributed by atoms with Crippen molar-refractivity contribution in [3.05, 3.63) is 40.3 Å². The monoisotopic (exact) mass is 415 g/mol. The van der Waals surface area contributed by atoms with E-state index in [1.807, 2.05) is 6.07 Å². The lowest BCUT2D eigenvalue weighted by Gasteiger charge is -2.20. The Morgan fingerprint density at radius 1 is 1.38 bits per heavy atom. The molecule has 0 bridgehead atoms. The molecule has 1 aromatic carbocycles. The normalized spacial score (nSPS) is 17.1. The Kier molecular flexibility index (Phi) is 7.75. The predicted octanol–water partition coefficient (Wildman–Crippen LogP) is 3.86. The molecule has 1 aliphatic rings. The van der Waals surface area contributed by atoms with E-state index in [0.717, 1.165) is 48.6 Å². The standard InChI is InChI=1S/C22H33N5OS/c1-5-23-22(25-13-21-26-20(15-29-21)16(2)3)24-12-17-9-10-27(14-17)18-7-6-8-19(11-18)28-4/h6-8,11,15-17H,5,9-10,12-14H2,1-4H3,(H2,23,24,25). The number of guanidine groups is 1. The van der Waals surface area contributed by atoms with E-state index in [-0.39, 0.29) is 0 Å². The van der Waals surface area contributed by atoms with Crippen molar-refractivity contribution in [2.24, 2.45) is 10.9 Å². The van der Waals surface area contributed by atoms with Crippen LogP contribution in [-0.2, 0) is 6.54 Å². The number of aliphatic imine (C=N–C) groups is 1. The van der Waals surface area contributed by atoms with Gasteiger partial charge in [-0.15, -0.1) is 11.3 Å². The first-order valence-corrected chi connectivity index (χ1v) is 11.3. The smallest absolute Gasteiger partial charge is 0.191 e. The predicted molar refractivity (Wildman–Crippen MR) is 122 cm³/mol. The maximum absolute atomic E-state index is 5.36. The summed E-state index contributed by atoms with van der Waals surface area (Å²) in [5, 5.41) is 10.1. The van der Waals surface area contributed by atoms with Gasteiger partial charge in [-0.05, 0) is 37.3 Å². The SMILES string of the molecule is CCNC(=NCc1nc(C(C)C)cs1)NCC1CCN(c2cccc(OC)c2)C1. The minimum atomic E-state index is 0.463. The van der Waals surface area contributed by atoms with E-state index < -0.39 is 0 Å². The van der Waals surface area contributed by atoms with Gasteiger partial charge in [-0.3, -0.25) is 0 Å². The molecule has 6 nitrogen and oxygen atoms in total. The van der Waals surface area contributed by atoms with E-state index >= 15 is 0 Å². The quantitative estimate of drug-likeness (QED) is 0.506. The number of nitrogens with zero attached hydrogens (tertiary/aromatic N) is 3. The van der Waals surface area contributed by atoms with Crippen molar-refractivity contribution in [3.8, 4) is 5.75 Å². The molecule has 29 heavy (non-hydrogen) atoms. The fourth-order valence-corrected chi connectivity index (χ4v) is 4.31. The third-order valence-corrected chi connectivity index (χ3v) is 5.99. The summed E-state index contributed by atoms with van der Waals surface area (Å²) in [6.07, 6.45) is 1.17. The Hall–Kier alpha value is -2.28. The molecule has 0 amide bonds. The van der Waals surface area contributed by atoms with Gasteiger partial charge < -0.3 is 20.3 Å². The number of hydrogen-bond donors (Lipinski definition) is 2. The van der Waals surface area contributed by atoms with Crippen LogP contribution in [0, 0.1) is 5.92 Å². The molecule has 0 spiro atoms. The van der Waals surface area contributed by atoms with Crippen molar-refractivity contribution < 1.29 is 4.74 Å². The second-order valence-electron chi connectivity index (χ2n) is 7.70. The summed E-state index contributed by atoms with van der Waals surface area (Å²) in [6.45, 7) is 10.9. The van der Waals surface area contributed by atoms with Crippen molar-refractivity contribution in [1.82, 2.24) is 15.6 Å². The molecule has 7 heteroatoms. The summed E-state index contributed by atoms with van der Waals surface area (Å²) in [5.41, 5.74) is 2.39. The second kappa shape index (κ2) is 10.5. The van der Waals surface area contributed by atoms with Crippen LogP contribution in [0.5, 0.6) is 5.75 Å². The van der Waals surface area contributed by atoms with Crippen LogP contribution in [0.4, 0.5) is 5.69 Å². The summed E-state index contributed by atoms with van der Waals surface area (Å²) in [5.74, 6) is 2.84. The number of hydrogen-bond acceptors (Lipinski definition) is 5. The highest BCUT2D eigenvalue weighted by Crippen LogP contribution is 2.26. The van der Waals surface area contributed by atoms with Gasteiger partial charge in [-0.1, -0.05) is 19.9 Å². The van der Waals surface area contributed by atoms with Crippen molar-refractivity contribution in [1.29, 1.82) is 0 Å². The molecule has 3 rings (SSSR count). The molecule has 2 heterocycles. The third kappa shape index (κ3) is 6.10. The molecule has 1 aromatic heterocycles. The number of benzene rings is 1. The minimum Gasteiger partial charge on any atom is -0.497 e. The Morgan fingerprint density at radius 3 is 2.97 bits per heavy atom. The van der Waals surface area contributed by atoms with Gasteiger partial charge in [-0.2, -0.15) is 0 Å². The van der Waals surface area contributed by atoms with Crippen LogP contribution in [0.1, 0.15) is 43.8 Å². The highest BCUT2D eigenvalue weighted by atomic mass is 32.1. The minimum absolute atomic E-state index is 0.463. The van der Waals surface area contributed by atoms with E-state index in [9.17, 15) is 0 Å². The van der Waals surface area contributed by atoms with Crippen molar-refractivity contribution in [2.75, 3.05) is 38.2 Å². The Balaban J connectivity index is 1.52. The Bertz CT molecular complexity index is 804. The number of aromatic nitrogens is 1. The number of nitrogens with one attached hydrogen (secondary N) is 2. The van der Waals surface area contributed by atoms with Gasteiger partial charge in [-0.25, -0.2) is 9.98 Å².